The maximum atomic E-state index is 13.1. The molecule has 3 aromatic heterocycles. The van der Waals surface area contributed by atoms with E-state index >= 15 is 0 Å². The number of aryl methyl sites for hydroxylation is 1. The Balaban J connectivity index is 1.17. The minimum atomic E-state index is 0.0610. The largest absolute Gasteiger partial charge is 0.355 e. The molecule has 0 atom stereocenters. The van der Waals surface area contributed by atoms with Crippen LogP contribution >= 0.6 is 11.3 Å². The van der Waals surface area contributed by atoms with Crippen molar-refractivity contribution in [1.82, 2.24) is 25.1 Å². The summed E-state index contributed by atoms with van der Waals surface area (Å²) in [5, 5.41) is 12.3. The second kappa shape index (κ2) is 8.77. The Bertz CT molecular complexity index is 1400. The van der Waals surface area contributed by atoms with E-state index in [4.69, 9.17) is 0 Å². The molecule has 8 heteroatoms. The maximum Gasteiger partial charge on any atom is 0.169 e. The highest BCUT2D eigenvalue weighted by atomic mass is 32.1. The highest BCUT2D eigenvalue weighted by Gasteiger charge is 2.44. The topological polar surface area (TPSA) is 75.1 Å². The van der Waals surface area contributed by atoms with Gasteiger partial charge in [0, 0.05) is 53.1 Å². The van der Waals surface area contributed by atoms with Gasteiger partial charge in [-0.05, 0) is 69.6 Å². The number of hydrogen-bond donors (Lipinski definition) is 0. The third kappa shape index (κ3) is 4.44. The van der Waals surface area contributed by atoms with E-state index in [1.165, 1.54) is 25.9 Å². The van der Waals surface area contributed by atoms with E-state index in [0.29, 0.717) is 11.0 Å². The lowest BCUT2D eigenvalue weighted by Crippen LogP contribution is -2.60. The van der Waals surface area contributed by atoms with Gasteiger partial charge in [0.1, 0.15) is 15.8 Å². The number of ketones is 1. The Morgan fingerprint density at radius 3 is 2.63 bits per heavy atom. The van der Waals surface area contributed by atoms with E-state index in [0.717, 1.165) is 51.0 Å². The first-order chi connectivity index (χ1) is 17.0. The SMILES string of the molecule is Cc1nnc(-c2ccc3cnc(CC(=O)c4ccnc(N5CC6(CCN(C)CC6)C5)c4)cc3c2)s1. The molecule has 2 aliphatic heterocycles. The molecule has 1 spiro atoms. The second-order valence-corrected chi connectivity index (χ2v) is 11.2. The summed E-state index contributed by atoms with van der Waals surface area (Å²) >= 11 is 1.57. The van der Waals surface area contributed by atoms with Crippen LogP contribution in [0.1, 0.15) is 33.9 Å². The van der Waals surface area contributed by atoms with Crippen LogP contribution in [-0.2, 0) is 6.42 Å². The van der Waals surface area contributed by atoms with Crippen LogP contribution in [0.5, 0.6) is 0 Å². The van der Waals surface area contributed by atoms with Crippen LogP contribution in [0.25, 0.3) is 21.3 Å². The maximum absolute atomic E-state index is 13.1. The van der Waals surface area contributed by atoms with Gasteiger partial charge in [0.15, 0.2) is 5.78 Å². The number of rotatable bonds is 5. The number of nitrogens with zero attached hydrogens (tertiary/aromatic N) is 6. The number of benzene rings is 1. The quantitative estimate of drug-likeness (QED) is 0.388. The van der Waals surface area contributed by atoms with E-state index in [2.05, 4.69) is 43.1 Å². The predicted molar refractivity (Wildman–Crippen MR) is 139 cm³/mol. The summed E-state index contributed by atoms with van der Waals surface area (Å²) in [6.45, 7) is 6.36. The first kappa shape index (κ1) is 22.2. The lowest BCUT2D eigenvalue weighted by molar-refractivity contribution is 0.0900. The number of anilines is 1. The molecule has 0 bridgehead atoms. The summed E-state index contributed by atoms with van der Waals surface area (Å²) in [6.07, 6.45) is 6.34. The number of Topliss-reactive ketones (excluding diaryl/α,β-unsaturated/α-hetero) is 1. The van der Waals surface area contributed by atoms with Crippen molar-refractivity contribution in [3.05, 3.63) is 65.1 Å². The Kier molecular flexibility index (Phi) is 5.57. The van der Waals surface area contributed by atoms with Crippen molar-refractivity contribution < 1.29 is 4.79 Å². The molecule has 0 unspecified atom stereocenters. The van der Waals surface area contributed by atoms with E-state index in [-0.39, 0.29) is 12.2 Å². The average molecular weight is 485 g/mol. The molecule has 0 N–H and O–H groups in total. The molecule has 0 amide bonds. The molecule has 7 nitrogen and oxygen atoms in total. The van der Waals surface area contributed by atoms with Crippen molar-refractivity contribution in [2.24, 2.45) is 5.41 Å². The molecular weight excluding hydrogens is 456 g/mol. The van der Waals surface area contributed by atoms with Gasteiger partial charge in [0.05, 0.1) is 6.42 Å². The summed E-state index contributed by atoms with van der Waals surface area (Å²) in [7, 11) is 2.20. The third-order valence-electron chi connectivity index (χ3n) is 7.38. The van der Waals surface area contributed by atoms with Crippen molar-refractivity contribution in [3.63, 3.8) is 0 Å². The van der Waals surface area contributed by atoms with Gasteiger partial charge in [-0.3, -0.25) is 9.78 Å². The fourth-order valence-electron chi connectivity index (χ4n) is 5.20. The van der Waals surface area contributed by atoms with Gasteiger partial charge in [0.2, 0.25) is 0 Å². The van der Waals surface area contributed by atoms with Gasteiger partial charge in [-0.1, -0.05) is 23.5 Å². The van der Waals surface area contributed by atoms with Gasteiger partial charge >= 0.3 is 0 Å². The minimum Gasteiger partial charge on any atom is -0.355 e. The smallest absolute Gasteiger partial charge is 0.169 e. The number of carbonyl (C=O) groups is 1. The van der Waals surface area contributed by atoms with E-state index in [1.807, 2.05) is 43.5 Å². The monoisotopic (exact) mass is 484 g/mol. The Morgan fingerprint density at radius 2 is 1.86 bits per heavy atom. The number of carbonyl (C=O) groups excluding carboxylic acids is 1. The predicted octanol–water partition coefficient (Wildman–Crippen LogP) is 4.41. The number of pyridine rings is 2. The standard InChI is InChI=1S/C27H28N6OS/c1-18-30-31-26(35-18)20-3-4-21-15-29-23(12-22(21)11-20)14-24(34)19-5-8-28-25(13-19)33-16-27(17-33)6-9-32(2)10-7-27/h3-5,8,11-13,15H,6-7,9-10,14,16-17H2,1-2H3. The summed E-state index contributed by atoms with van der Waals surface area (Å²) in [4.78, 5) is 27.0. The van der Waals surface area contributed by atoms with E-state index < -0.39 is 0 Å². The zero-order valence-corrected chi connectivity index (χ0v) is 20.9. The third-order valence-corrected chi connectivity index (χ3v) is 8.27. The van der Waals surface area contributed by atoms with Crippen LogP contribution in [0.4, 0.5) is 5.82 Å². The van der Waals surface area contributed by atoms with Crippen LogP contribution in [0, 0.1) is 12.3 Å². The molecule has 5 heterocycles. The molecule has 2 saturated heterocycles. The molecule has 0 aliphatic carbocycles. The summed E-state index contributed by atoms with van der Waals surface area (Å²) in [5.41, 5.74) is 2.91. The first-order valence-corrected chi connectivity index (χ1v) is 12.9. The van der Waals surface area contributed by atoms with Gasteiger partial charge in [-0.15, -0.1) is 10.2 Å². The minimum absolute atomic E-state index is 0.0610. The number of likely N-dealkylation sites (tertiary alicyclic amines) is 1. The Labute approximate surface area is 208 Å². The van der Waals surface area contributed by atoms with Crippen LogP contribution < -0.4 is 4.90 Å². The summed E-state index contributed by atoms with van der Waals surface area (Å²) in [6, 6.07) is 11.9. The molecule has 4 aromatic rings. The van der Waals surface area contributed by atoms with Crippen molar-refractivity contribution in [2.75, 3.05) is 38.1 Å². The lowest BCUT2D eigenvalue weighted by Gasteiger charge is -2.54. The molecular formula is C27H28N6OS. The Morgan fingerprint density at radius 1 is 1.03 bits per heavy atom. The van der Waals surface area contributed by atoms with Crippen LogP contribution in [0.2, 0.25) is 0 Å². The lowest BCUT2D eigenvalue weighted by atomic mass is 9.72. The molecule has 0 saturated carbocycles. The Hall–Kier alpha value is -3.23. The zero-order chi connectivity index (χ0) is 24.0. The fraction of sp³-hybridized carbons (Fsp3) is 0.370. The van der Waals surface area contributed by atoms with Crippen LogP contribution in [0.15, 0.2) is 48.8 Å². The first-order valence-electron chi connectivity index (χ1n) is 12.1. The molecule has 178 valence electrons. The van der Waals surface area contributed by atoms with Crippen molar-refractivity contribution in [2.45, 2.75) is 26.2 Å². The number of fused-ring (bicyclic) bond motifs is 1. The molecule has 1 aromatic carbocycles. The molecule has 2 aliphatic rings. The molecule has 0 radical (unpaired) electrons. The summed E-state index contributed by atoms with van der Waals surface area (Å²) in [5.74, 6) is 0.967. The fourth-order valence-corrected chi connectivity index (χ4v) is 5.88. The highest BCUT2D eigenvalue weighted by Crippen LogP contribution is 2.41. The number of piperidine rings is 1. The van der Waals surface area contributed by atoms with Crippen LogP contribution in [0.3, 0.4) is 0 Å². The van der Waals surface area contributed by atoms with Crippen molar-refractivity contribution in [1.29, 1.82) is 0 Å². The summed E-state index contributed by atoms with van der Waals surface area (Å²) < 4.78 is 0. The molecule has 35 heavy (non-hydrogen) atoms. The highest BCUT2D eigenvalue weighted by molar-refractivity contribution is 7.14. The normalized spacial score (nSPS) is 17.6. The van der Waals surface area contributed by atoms with Gasteiger partial charge in [0.25, 0.3) is 0 Å². The van der Waals surface area contributed by atoms with Crippen molar-refractivity contribution >= 4 is 33.7 Å². The van der Waals surface area contributed by atoms with Gasteiger partial charge in [-0.2, -0.15) is 0 Å². The number of aromatic nitrogens is 4. The molecule has 2 fully saturated rings. The zero-order valence-electron chi connectivity index (χ0n) is 20.1. The van der Waals surface area contributed by atoms with Crippen molar-refractivity contribution in [3.8, 4) is 10.6 Å². The second-order valence-electron chi connectivity index (χ2n) is 10.0. The molecule has 6 rings (SSSR count). The number of hydrogen-bond acceptors (Lipinski definition) is 8. The van der Waals surface area contributed by atoms with E-state index in [1.54, 1.807) is 17.5 Å². The van der Waals surface area contributed by atoms with Crippen LogP contribution in [-0.4, -0.2) is 64.1 Å². The average Bonchev–Trinajstić information content (AvgIpc) is 3.29. The van der Waals surface area contributed by atoms with Gasteiger partial charge < -0.3 is 9.80 Å². The van der Waals surface area contributed by atoms with Gasteiger partial charge in [-0.25, -0.2) is 4.98 Å². The van der Waals surface area contributed by atoms with E-state index in [9.17, 15) is 4.79 Å².